The Hall–Kier alpha value is -1.83. The Bertz CT molecular complexity index is 896. The van der Waals surface area contributed by atoms with Crippen LogP contribution >= 0.6 is 22.6 Å². The molecule has 0 aromatic carbocycles. The lowest BCUT2D eigenvalue weighted by atomic mass is 9.99. The third-order valence-corrected chi connectivity index (χ3v) is 5.59. The summed E-state index contributed by atoms with van der Waals surface area (Å²) in [7, 11) is 0. The zero-order chi connectivity index (χ0) is 21.4. The molecule has 0 aliphatic carbocycles. The van der Waals surface area contributed by atoms with Gasteiger partial charge in [0.1, 0.15) is 15.1 Å². The summed E-state index contributed by atoms with van der Waals surface area (Å²) in [5.74, 6) is -0.00547. The smallest absolute Gasteiger partial charge is 0.411 e. The zero-order valence-electron chi connectivity index (χ0n) is 15.8. The van der Waals surface area contributed by atoms with Crippen LogP contribution in [0.25, 0.3) is 5.65 Å². The maximum absolute atomic E-state index is 13.3. The summed E-state index contributed by atoms with van der Waals surface area (Å²) in [6, 6.07) is 1.30. The Morgan fingerprint density at radius 2 is 2.07 bits per heavy atom. The van der Waals surface area contributed by atoms with Crippen molar-refractivity contribution in [2.45, 2.75) is 38.4 Å². The van der Waals surface area contributed by atoms with E-state index in [-0.39, 0.29) is 29.6 Å². The number of hydrogen-bond acceptors (Lipinski definition) is 5. The molecule has 1 aliphatic rings. The van der Waals surface area contributed by atoms with Gasteiger partial charge < -0.3 is 15.2 Å². The fourth-order valence-corrected chi connectivity index (χ4v) is 3.52. The number of aromatic nitrogens is 3. The second-order valence-corrected chi connectivity index (χ2v) is 8.53. The molecule has 0 unspecified atom stereocenters. The van der Waals surface area contributed by atoms with E-state index in [1.165, 1.54) is 16.8 Å². The van der Waals surface area contributed by atoms with E-state index in [9.17, 15) is 23.1 Å². The normalized spacial score (nSPS) is 16.2. The first-order valence-corrected chi connectivity index (χ1v) is 10.0. The molecule has 0 saturated carbocycles. The molecule has 3 heterocycles. The van der Waals surface area contributed by atoms with Crippen molar-refractivity contribution in [1.29, 1.82) is 0 Å². The number of rotatable bonds is 5. The van der Waals surface area contributed by atoms with Gasteiger partial charge in [-0.2, -0.15) is 13.2 Å². The Morgan fingerprint density at radius 1 is 1.41 bits per heavy atom. The van der Waals surface area contributed by atoms with Gasteiger partial charge in [0.15, 0.2) is 5.65 Å². The number of alkyl halides is 3. The minimum atomic E-state index is -4.53. The van der Waals surface area contributed by atoms with Crippen LogP contribution in [0.1, 0.15) is 26.7 Å². The second kappa shape index (κ2) is 8.13. The van der Waals surface area contributed by atoms with E-state index in [2.05, 4.69) is 15.4 Å². The quantitative estimate of drug-likeness (QED) is 0.572. The topological polar surface area (TPSA) is 92.0 Å². The van der Waals surface area contributed by atoms with E-state index in [4.69, 9.17) is 4.74 Å². The summed E-state index contributed by atoms with van der Waals surface area (Å²) in [4.78, 5) is 17.4. The number of carboxylic acid groups (broad SMARTS) is 1. The van der Waals surface area contributed by atoms with E-state index in [0.29, 0.717) is 29.8 Å². The lowest BCUT2D eigenvalue weighted by Crippen LogP contribution is -2.46. The number of nitrogens with one attached hydrogen (secondary N) is 1. The number of imidazole rings is 1. The van der Waals surface area contributed by atoms with Crippen molar-refractivity contribution >= 4 is 45.8 Å². The minimum absolute atomic E-state index is 0.0881. The maximum Gasteiger partial charge on any atom is 0.411 e. The number of halogens is 4. The highest BCUT2D eigenvalue weighted by Gasteiger charge is 2.47. The van der Waals surface area contributed by atoms with Crippen LogP contribution in [0.5, 0.6) is 0 Å². The average Bonchev–Trinajstić information content (AvgIpc) is 3.00. The largest absolute Gasteiger partial charge is 0.465 e. The van der Waals surface area contributed by atoms with Crippen molar-refractivity contribution in [3.63, 3.8) is 0 Å². The van der Waals surface area contributed by atoms with E-state index in [0.717, 1.165) is 18.7 Å². The van der Waals surface area contributed by atoms with E-state index < -0.39 is 17.8 Å². The van der Waals surface area contributed by atoms with Crippen LogP contribution in [0, 0.1) is 9.62 Å². The van der Waals surface area contributed by atoms with Gasteiger partial charge in [-0.1, -0.05) is 0 Å². The van der Waals surface area contributed by atoms with Crippen LogP contribution < -0.4 is 10.2 Å². The molecule has 3 rings (SSSR count). The molecule has 29 heavy (non-hydrogen) atoms. The van der Waals surface area contributed by atoms with Crippen molar-refractivity contribution in [3.05, 3.63) is 16.0 Å². The number of nitrogens with zero attached hydrogens (tertiary/aromatic N) is 4. The molecule has 12 heteroatoms. The molecule has 0 bridgehead atoms. The fourth-order valence-electron chi connectivity index (χ4n) is 3.04. The molecule has 0 atom stereocenters. The SMILES string of the molecule is CC(C)(Nc1cc(N(CC2CCOCC2)C(=O)O)c2ncc(I)n2n1)C(F)(F)F. The van der Waals surface area contributed by atoms with Crippen LogP contribution in [0.3, 0.4) is 0 Å². The molecule has 0 spiro atoms. The van der Waals surface area contributed by atoms with Crippen LogP contribution in [0.15, 0.2) is 12.3 Å². The van der Waals surface area contributed by atoms with Gasteiger partial charge in [0.25, 0.3) is 0 Å². The number of amides is 1. The van der Waals surface area contributed by atoms with Gasteiger partial charge in [0.2, 0.25) is 0 Å². The van der Waals surface area contributed by atoms with Gasteiger partial charge >= 0.3 is 12.3 Å². The van der Waals surface area contributed by atoms with Crippen LogP contribution in [0.2, 0.25) is 0 Å². The minimum Gasteiger partial charge on any atom is -0.465 e. The third-order valence-electron chi connectivity index (χ3n) is 4.86. The molecule has 1 aliphatic heterocycles. The van der Waals surface area contributed by atoms with E-state index in [1.807, 2.05) is 22.6 Å². The lowest BCUT2D eigenvalue weighted by molar-refractivity contribution is -0.168. The van der Waals surface area contributed by atoms with Crippen molar-refractivity contribution in [2.75, 3.05) is 30.0 Å². The van der Waals surface area contributed by atoms with E-state index >= 15 is 0 Å². The molecule has 0 radical (unpaired) electrons. The van der Waals surface area contributed by atoms with Gasteiger partial charge in [0.05, 0.1) is 11.9 Å². The van der Waals surface area contributed by atoms with Gasteiger partial charge in [-0.15, -0.1) is 5.10 Å². The van der Waals surface area contributed by atoms with Crippen molar-refractivity contribution in [2.24, 2.45) is 5.92 Å². The highest BCUT2D eigenvalue weighted by atomic mass is 127. The van der Waals surface area contributed by atoms with E-state index in [1.54, 1.807) is 0 Å². The van der Waals surface area contributed by atoms with Crippen molar-refractivity contribution < 1.29 is 27.8 Å². The predicted molar refractivity (Wildman–Crippen MR) is 108 cm³/mol. The Morgan fingerprint density at radius 3 is 2.66 bits per heavy atom. The molecule has 2 aromatic heterocycles. The summed E-state index contributed by atoms with van der Waals surface area (Å²) in [5.41, 5.74) is -1.81. The Labute approximate surface area is 178 Å². The first kappa shape index (κ1) is 21.9. The predicted octanol–water partition coefficient (Wildman–Crippen LogP) is 4.00. The number of carbonyl (C=O) groups is 1. The Balaban J connectivity index is 2.03. The summed E-state index contributed by atoms with van der Waals surface area (Å²) in [6.07, 6.45) is -2.82. The van der Waals surface area contributed by atoms with Crippen LogP contribution in [0.4, 0.5) is 29.5 Å². The zero-order valence-corrected chi connectivity index (χ0v) is 18.0. The van der Waals surface area contributed by atoms with Gasteiger partial charge in [0, 0.05) is 25.8 Å². The average molecular weight is 527 g/mol. The summed E-state index contributed by atoms with van der Waals surface area (Å²) in [5, 5.41) is 16.4. The number of fused-ring (bicyclic) bond motifs is 1. The molecule has 160 valence electrons. The van der Waals surface area contributed by atoms with Crippen LogP contribution in [-0.4, -0.2) is 57.3 Å². The molecule has 8 nitrogen and oxygen atoms in total. The molecule has 2 N–H and O–H groups in total. The highest BCUT2D eigenvalue weighted by molar-refractivity contribution is 14.1. The first-order chi connectivity index (χ1) is 13.5. The summed E-state index contributed by atoms with van der Waals surface area (Å²) < 4.78 is 47.2. The molecule has 1 amide bonds. The number of anilines is 2. The molecular weight excluding hydrogens is 506 g/mol. The molecule has 1 fully saturated rings. The monoisotopic (exact) mass is 527 g/mol. The van der Waals surface area contributed by atoms with Gasteiger partial charge in [-0.3, -0.25) is 4.90 Å². The second-order valence-electron chi connectivity index (χ2n) is 7.43. The third kappa shape index (κ3) is 4.68. The van der Waals surface area contributed by atoms with Crippen molar-refractivity contribution in [1.82, 2.24) is 14.6 Å². The number of ether oxygens (including phenoxy) is 1. The van der Waals surface area contributed by atoms with Gasteiger partial charge in [-0.25, -0.2) is 14.3 Å². The highest BCUT2D eigenvalue weighted by Crippen LogP contribution is 2.34. The standard InChI is InChI=1S/C17H21F3IN5O3/c1-16(2,17(18,19)20)23-13-7-11(14-22-8-12(21)26(14)24-13)25(15(27)28)9-10-3-5-29-6-4-10/h7-8,10H,3-6,9H2,1-2H3,(H,23,24)(H,27,28). The molecule has 2 aromatic rings. The summed E-state index contributed by atoms with van der Waals surface area (Å²) in [6.45, 7) is 3.29. The number of hydrogen-bond donors (Lipinski definition) is 2. The van der Waals surface area contributed by atoms with Crippen molar-refractivity contribution in [3.8, 4) is 0 Å². The summed E-state index contributed by atoms with van der Waals surface area (Å²) >= 11 is 1.94. The Kier molecular flexibility index (Phi) is 6.13. The fraction of sp³-hybridized carbons (Fsp3) is 0.588. The molecular formula is C17H21F3IN5O3. The lowest BCUT2D eigenvalue weighted by Gasteiger charge is -2.31. The molecule has 1 saturated heterocycles. The van der Waals surface area contributed by atoms with Gasteiger partial charge in [-0.05, 0) is 55.2 Å². The van der Waals surface area contributed by atoms with Crippen LogP contribution in [-0.2, 0) is 4.74 Å². The first-order valence-electron chi connectivity index (χ1n) is 8.97. The maximum atomic E-state index is 13.3.